The van der Waals surface area contributed by atoms with Gasteiger partial charge in [-0.3, -0.25) is 0 Å². The molecule has 4 heteroatoms. The maximum atomic E-state index is 8.74. The van der Waals surface area contributed by atoms with Gasteiger partial charge in [-0.05, 0) is 24.7 Å². The number of rotatable bonds is 8. The van der Waals surface area contributed by atoms with E-state index in [0.717, 1.165) is 29.8 Å². The Labute approximate surface area is 122 Å². The van der Waals surface area contributed by atoms with E-state index in [0.29, 0.717) is 18.6 Å². The predicted molar refractivity (Wildman–Crippen MR) is 85.0 cm³/mol. The normalized spacial score (nSPS) is 23.1. The zero-order chi connectivity index (χ0) is 14.1. The number of thiocarbonyl (C=S) groups is 1. The van der Waals surface area contributed by atoms with Crippen molar-refractivity contribution in [1.29, 1.82) is 5.41 Å². The summed E-state index contributed by atoms with van der Waals surface area (Å²) < 4.78 is 0. The van der Waals surface area contributed by atoms with E-state index in [1.54, 1.807) is 0 Å². The van der Waals surface area contributed by atoms with Crippen molar-refractivity contribution >= 4 is 22.9 Å². The molecule has 0 aromatic rings. The van der Waals surface area contributed by atoms with Gasteiger partial charge in [-0.1, -0.05) is 44.8 Å². The van der Waals surface area contributed by atoms with Gasteiger partial charge in [0.1, 0.15) is 0 Å². The molecule has 0 spiro atoms. The zero-order valence-corrected chi connectivity index (χ0v) is 12.9. The molecule has 0 saturated heterocycles. The molecule has 110 valence electrons. The molecule has 1 fully saturated rings. The Morgan fingerprint density at radius 3 is 2.53 bits per heavy atom. The lowest BCUT2D eigenvalue weighted by atomic mass is 9.78. The zero-order valence-electron chi connectivity index (χ0n) is 12.1. The minimum atomic E-state index is 0.0687. The number of hydrogen-bond donors (Lipinski definition) is 3. The third-order valence-corrected chi connectivity index (χ3v) is 4.57. The first-order valence-corrected chi connectivity index (χ1v) is 8.02. The lowest BCUT2D eigenvalue weighted by Gasteiger charge is -2.31. The lowest BCUT2D eigenvalue weighted by molar-refractivity contribution is 0.231. The Hall–Kier alpha value is -0.480. The van der Waals surface area contributed by atoms with Gasteiger partial charge in [0.15, 0.2) is 0 Å². The van der Waals surface area contributed by atoms with Gasteiger partial charge in [0.2, 0.25) is 0 Å². The van der Waals surface area contributed by atoms with Crippen molar-refractivity contribution in [2.75, 3.05) is 13.2 Å². The first-order chi connectivity index (χ1) is 9.17. The topological polar surface area (TPSA) is 56.1 Å². The monoisotopic (exact) mass is 284 g/mol. The average Bonchev–Trinajstić information content (AvgIpc) is 2.43. The fourth-order valence-corrected chi connectivity index (χ4v) is 3.13. The molecule has 1 aliphatic carbocycles. The van der Waals surface area contributed by atoms with Crippen molar-refractivity contribution in [3.05, 3.63) is 0 Å². The first-order valence-electron chi connectivity index (χ1n) is 7.61. The van der Waals surface area contributed by atoms with Gasteiger partial charge in [0, 0.05) is 31.7 Å². The molecule has 0 unspecified atom stereocenters. The smallest absolute Gasteiger partial charge is 0.0757 e. The molecule has 0 aromatic heterocycles. The SMILES string of the molecule is CC[C@H]1CCCC[C@@H]1CNC(=S)CCC(=N)CCO. The van der Waals surface area contributed by atoms with Gasteiger partial charge in [-0.25, -0.2) is 0 Å². The molecule has 1 aliphatic rings. The van der Waals surface area contributed by atoms with Crippen LogP contribution < -0.4 is 5.32 Å². The first kappa shape index (κ1) is 16.6. The Morgan fingerprint density at radius 1 is 1.21 bits per heavy atom. The average molecular weight is 284 g/mol. The van der Waals surface area contributed by atoms with Gasteiger partial charge in [-0.15, -0.1) is 0 Å². The molecule has 0 heterocycles. The van der Waals surface area contributed by atoms with E-state index < -0.39 is 0 Å². The second-order valence-corrected chi connectivity index (χ2v) is 6.09. The van der Waals surface area contributed by atoms with Crippen molar-refractivity contribution in [3.63, 3.8) is 0 Å². The summed E-state index contributed by atoms with van der Waals surface area (Å²) in [6.45, 7) is 3.36. The summed E-state index contributed by atoms with van der Waals surface area (Å²) >= 11 is 5.33. The van der Waals surface area contributed by atoms with Gasteiger partial charge in [-0.2, -0.15) is 0 Å². The quantitative estimate of drug-likeness (QED) is 0.473. The summed E-state index contributed by atoms with van der Waals surface area (Å²) in [4.78, 5) is 0.878. The van der Waals surface area contributed by atoms with Crippen LogP contribution in [-0.2, 0) is 0 Å². The second-order valence-electron chi connectivity index (χ2n) is 5.59. The third kappa shape index (κ3) is 6.48. The van der Waals surface area contributed by atoms with Crippen molar-refractivity contribution in [1.82, 2.24) is 5.32 Å². The fourth-order valence-electron chi connectivity index (χ4n) is 2.95. The van der Waals surface area contributed by atoms with E-state index in [1.807, 2.05) is 0 Å². The molecule has 0 aromatic carbocycles. The van der Waals surface area contributed by atoms with E-state index in [-0.39, 0.29) is 6.61 Å². The maximum Gasteiger partial charge on any atom is 0.0757 e. The summed E-state index contributed by atoms with van der Waals surface area (Å²) in [6.07, 6.45) is 8.62. The van der Waals surface area contributed by atoms with E-state index in [9.17, 15) is 0 Å². The second kappa shape index (κ2) is 9.43. The van der Waals surface area contributed by atoms with Crippen LogP contribution in [0.1, 0.15) is 58.3 Å². The van der Waals surface area contributed by atoms with E-state index in [2.05, 4.69) is 12.2 Å². The lowest BCUT2D eigenvalue weighted by Crippen LogP contribution is -2.33. The highest BCUT2D eigenvalue weighted by molar-refractivity contribution is 7.80. The Kier molecular flexibility index (Phi) is 8.22. The molecule has 0 radical (unpaired) electrons. The van der Waals surface area contributed by atoms with Crippen LogP contribution in [0.3, 0.4) is 0 Å². The summed E-state index contributed by atoms with van der Waals surface area (Å²) in [6, 6.07) is 0. The standard InChI is InChI=1S/C15H28N2OS/c1-2-12-5-3-4-6-13(12)11-17-15(19)8-7-14(16)9-10-18/h12-13,16,18H,2-11H2,1H3,(H,17,19)/t12-,13+/m0/s1. The number of aliphatic hydroxyl groups excluding tert-OH is 1. The number of hydrogen-bond acceptors (Lipinski definition) is 3. The van der Waals surface area contributed by atoms with Crippen LogP contribution in [-0.4, -0.2) is 29.0 Å². The molecule has 3 N–H and O–H groups in total. The highest BCUT2D eigenvalue weighted by Gasteiger charge is 2.23. The van der Waals surface area contributed by atoms with Crippen molar-refractivity contribution in [2.24, 2.45) is 11.8 Å². The molecule has 3 nitrogen and oxygen atoms in total. The molecule has 1 saturated carbocycles. The maximum absolute atomic E-state index is 8.74. The molecule has 0 bridgehead atoms. The van der Waals surface area contributed by atoms with Crippen molar-refractivity contribution in [2.45, 2.75) is 58.3 Å². The largest absolute Gasteiger partial charge is 0.396 e. The Bertz CT molecular complexity index is 294. The van der Waals surface area contributed by atoms with E-state index in [4.69, 9.17) is 22.7 Å². The minimum Gasteiger partial charge on any atom is -0.396 e. The number of aliphatic hydroxyl groups is 1. The predicted octanol–water partition coefficient (Wildman–Crippen LogP) is 3.30. The van der Waals surface area contributed by atoms with E-state index >= 15 is 0 Å². The third-order valence-electron chi connectivity index (χ3n) is 4.22. The van der Waals surface area contributed by atoms with Gasteiger partial charge < -0.3 is 15.8 Å². The molecule has 19 heavy (non-hydrogen) atoms. The summed E-state index contributed by atoms with van der Waals surface area (Å²) in [5.74, 6) is 1.63. The summed E-state index contributed by atoms with van der Waals surface area (Å²) in [5, 5.41) is 19.8. The van der Waals surface area contributed by atoms with Gasteiger partial charge in [0.05, 0.1) is 4.99 Å². The van der Waals surface area contributed by atoms with Gasteiger partial charge >= 0.3 is 0 Å². The molecule has 0 amide bonds. The summed E-state index contributed by atoms with van der Waals surface area (Å²) in [7, 11) is 0. The molecule has 2 atom stereocenters. The summed E-state index contributed by atoms with van der Waals surface area (Å²) in [5.41, 5.74) is 0.593. The van der Waals surface area contributed by atoms with Crippen LogP contribution in [0.4, 0.5) is 0 Å². The highest BCUT2D eigenvalue weighted by atomic mass is 32.1. The van der Waals surface area contributed by atoms with Crippen LogP contribution in [0.15, 0.2) is 0 Å². The Balaban J connectivity index is 2.19. The van der Waals surface area contributed by atoms with Crippen molar-refractivity contribution < 1.29 is 5.11 Å². The number of nitrogens with one attached hydrogen (secondary N) is 2. The fraction of sp³-hybridized carbons (Fsp3) is 0.867. The molecular weight excluding hydrogens is 256 g/mol. The minimum absolute atomic E-state index is 0.0687. The van der Waals surface area contributed by atoms with Crippen LogP contribution >= 0.6 is 12.2 Å². The molecule has 0 aliphatic heterocycles. The molecule has 1 rings (SSSR count). The van der Waals surface area contributed by atoms with Crippen LogP contribution in [0.2, 0.25) is 0 Å². The van der Waals surface area contributed by atoms with Crippen LogP contribution in [0.25, 0.3) is 0 Å². The van der Waals surface area contributed by atoms with Crippen molar-refractivity contribution in [3.8, 4) is 0 Å². The van der Waals surface area contributed by atoms with Crippen LogP contribution in [0.5, 0.6) is 0 Å². The van der Waals surface area contributed by atoms with Gasteiger partial charge in [0.25, 0.3) is 0 Å². The Morgan fingerprint density at radius 2 is 1.89 bits per heavy atom. The van der Waals surface area contributed by atoms with Crippen LogP contribution in [0, 0.1) is 17.2 Å². The molecular formula is C15H28N2OS. The highest BCUT2D eigenvalue weighted by Crippen LogP contribution is 2.31. The van der Waals surface area contributed by atoms with E-state index in [1.165, 1.54) is 32.1 Å².